The van der Waals surface area contributed by atoms with E-state index in [0.717, 1.165) is 25.1 Å². The number of ether oxygens (including phenoxy) is 1. The van der Waals surface area contributed by atoms with E-state index in [1.165, 1.54) is 41.6 Å². The van der Waals surface area contributed by atoms with Gasteiger partial charge in [-0.2, -0.15) is 0 Å². The summed E-state index contributed by atoms with van der Waals surface area (Å²) in [6.45, 7) is 1.11. The van der Waals surface area contributed by atoms with Crippen LogP contribution in [0.3, 0.4) is 0 Å². The Morgan fingerprint density at radius 3 is 2.71 bits per heavy atom. The average Bonchev–Trinajstić information content (AvgIpc) is 2.56. The SMILES string of the molecule is COc1ccc(CCCc2cccc3c2NCCC3)cc1. The predicted octanol–water partition coefficient (Wildman–Crippen LogP) is 4.23. The van der Waals surface area contributed by atoms with Crippen molar-refractivity contribution < 1.29 is 4.74 Å². The first-order chi connectivity index (χ1) is 10.4. The Bertz CT molecular complexity index is 589. The molecule has 1 N–H and O–H groups in total. The van der Waals surface area contributed by atoms with Crippen LogP contribution in [0.15, 0.2) is 42.5 Å². The molecule has 110 valence electrons. The zero-order chi connectivity index (χ0) is 14.5. The van der Waals surface area contributed by atoms with Crippen molar-refractivity contribution >= 4 is 5.69 Å². The third kappa shape index (κ3) is 3.38. The van der Waals surface area contributed by atoms with E-state index in [4.69, 9.17) is 4.74 Å². The highest BCUT2D eigenvalue weighted by atomic mass is 16.5. The van der Waals surface area contributed by atoms with E-state index in [1.807, 2.05) is 12.1 Å². The molecule has 2 aromatic carbocycles. The van der Waals surface area contributed by atoms with Crippen LogP contribution in [0, 0.1) is 0 Å². The van der Waals surface area contributed by atoms with Gasteiger partial charge in [-0.25, -0.2) is 0 Å². The van der Waals surface area contributed by atoms with Crippen molar-refractivity contribution in [2.24, 2.45) is 0 Å². The predicted molar refractivity (Wildman–Crippen MR) is 88.3 cm³/mol. The maximum absolute atomic E-state index is 5.20. The van der Waals surface area contributed by atoms with Crippen molar-refractivity contribution in [3.63, 3.8) is 0 Å². The van der Waals surface area contributed by atoms with Gasteiger partial charge in [-0.15, -0.1) is 0 Å². The molecule has 1 heterocycles. The molecule has 0 unspecified atom stereocenters. The Kier molecular flexibility index (Phi) is 4.44. The molecule has 2 heteroatoms. The molecule has 21 heavy (non-hydrogen) atoms. The summed E-state index contributed by atoms with van der Waals surface area (Å²) >= 11 is 0. The van der Waals surface area contributed by atoms with Gasteiger partial charge in [0.05, 0.1) is 7.11 Å². The van der Waals surface area contributed by atoms with Crippen LogP contribution in [-0.2, 0) is 19.3 Å². The monoisotopic (exact) mass is 281 g/mol. The maximum Gasteiger partial charge on any atom is 0.118 e. The standard InChI is InChI=1S/C19H23NO/c1-21-18-12-10-15(11-13-18)5-2-6-16-7-3-8-17-9-4-14-20-19(16)17/h3,7-8,10-13,20H,2,4-6,9,14H2,1H3. The minimum Gasteiger partial charge on any atom is -0.497 e. The fraction of sp³-hybridized carbons (Fsp3) is 0.368. The molecular formula is C19H23NO. The van der Waals surface area contributed by atoms with Crippen LogP contribution in [0.5, 0.6) is 5.75 Å². The maximum atomic E-state index is 5.20. The second-order valence-electron chi connectivity index (χ2n) is 5.68. The topological polar surface area (TPSA) is 21.3 Å². The molecule has 1 aliphatic rings. The summed E-state index contributed by atoms with van der Waals surface area (Å²) in [6, 6.07) is 15.1. The smallest absolute Gasteiger partial charge is 0.118 e. The number of rotatable bonds is 5. The number of aryl methyl sites for hydroxylation is 3. The van der Waals surface area contributed by atoms with Crippen molar-refractivity contribution in [3.05, 3.63) is 59.2 Å². The number of fused-ring (bicyclic) bond motifs is 1. The molecule has 0 amide bonds. The van der Waals surface area contributed by atoms with Crippen molar-refractivity contribution in [1.82, 2.24) is 0 Å². The Balaban J connectivity index is 1.60. The molecule has 0 aliphatic carbocycles. The normalized spacial score (nSPS) is 13.4. The molecule has 2 aromatic rings. The zero-order valence-corrected chi connectivity index (χ0v) is 12.7. The van der Waals surface area contributed by atoms with E-state index in [9.17, 15) is 0 Å². The van der Waals surface area contributed by atoms with Crippen LogP contribution >= 0.6 is 0 Å². The Morgan fingerprint density at radius 1 is 1.05 bits per heavy atom. The average molecular weight is 281 g/mol. The molecule has 3 rings (SSSR count). The van der Waals surface area contributed by atoms with E-state index < -0.39 is 0 Å². The van der Waals surface area contributed by atoms with Crippen molar-refractivity contribution in [1.29, 1.82) is 0 Å². The Morgan fingerprint density at radius 2 is 1.90 bits per heavy atom. The minimum atomic E-state index is 0.931. The molecule has 0 spiro atoms. The molecule has 0 saturated carbocycles. The van der Waals surface area contributed by atoms with Gasteiger partial charge in [-0.3, -0.25) is 0 Å². The molecule has 2 nitrogen and oxygen atoms in total. The van der Waals surface area contributed by atoms with Crippen LogP contribution < -0.4 is 10.1 Å². The van der Waals surface area contributed by atoms with Crippen LogP contribution in [0.2, 0.25) is 0 Å². The van der Waals surface area contributed by atoms with Crippen LogP contribution in [0.4, 0.5) is 5.69 Å². The number of nitrogens with one attached hydrogen (secondary N) is 1. The number of hydrogen-bond donors (Lipinski definition) is 1. The quantitative estimate of drug-likeness (QED) is 0.885. The summed E-state index contributed by atoms with van der Waals surface area (Å²) in [5.41, 5.74) is 5.75. The summed E-state index contributed by atoms with van der Waals surface area (Å²) in [7, 11) is 1.71. The molecule has 0 radical (unpaired) electrons. The highest BCUT2D eigenvalue weighted by molar-refractivity contribution is 5.59. The van der Waals surface area contributed by atoms with Gasteiger partial charge in [0, 0.05) is 12.2 Å². The van der Waals surface area contributed by atoms with E-state index in [0.29, 0.717) is 0 Å². The Hall–Kier alpha value is -1.96. The molecule has 0 fully saturated rings. The van der Waals surface area contributed by atoms with E-state index >= 15 is 0 Å². The fourth-order valence-electron chi connectivity index (χ4n) is 3.06. The number of hydrogen-bond acceptors (Lipinski definition) is 2. The van der Waals surface area contributed by atoms with Gasteiger partial charge in [0.25, 0.3) is 0 Å². The van der Waals surface area contributed by atoms with Gasteiger partial charge in [0.2, 0.25) is 0 Å². The first-order valence-corrected chi connectivity index (χ1v) is 7.84. The van der Waals surface area contributed by atoms with Gasteiger partial charge in [0.1, 0.15) is 5.75 Å². The lowest BCUT2D eigenvalue weighted by molar-refractivity contribution is 0.414. The zero-order valence-electron chi connectivity index (χ0n) is 12.7. The molecule has 1 aliphatic heterocycles. The first kappa shape index (κ1) is 14.0. The van der Waals surface area contributed by atoms with Crippen molar-refractivity contribution in [3.8, 4) is 5.75 Å². The highest BCUT2D eigenvalue weighted by Gasteiger charge is 2.11. The lowest BCUT2D eigenvalue weighted by atomic mass is 9.96. The third-order valence-electron chi connectivity index (χ3n) is 4.23. The molecular weight excluding hydrogens is 258 g/mol. The fourth-order valence-corrected chi connectivity index (χ4v) is 3.06. The summed E-state index contributed by atoms with van der Waals surface area (Å²) in [5, 5.41) is 3.58. The number of methoxy groups -OCH3 is 1. The van der Waals surface area contributed by atoms with Gasteiger partial charge in [0.15, 0.2) is 0 Å². The number of para-hydroxylation sites is 1. The largest absolute Gasteiger partial charge is 0.497 e. The second kappa shape index (κ2) is 6.66. The van der Waals surface area contributed by atoms with E-state index in [1.54, 1.807) is 7.11 Å². The van der Waals surface area contributed by atoms with Gasteiger partial charge in [-0.05, 0) is 60.9 Å². The van der Waals surface area contributed by atoms with Crippen molar-refractivity contribution in [2.45, 2.75) is 32.1 Å². The second-order valence-corrected chi connectivity index (χ2v) is 5.68. The van der Waals surface area contributed by atoms with Crippen LogP contribution in [0.25, 0.3) is 0 Å². The van der Waals surface area contributed by atoms with Crippen LogP contribution in [0.1, 0.15) is 29.5 Å². The molecule has 0 aromatic heterocycles. The molecule has 0 saturated heterocycles. The van der Waals surface area contributed by atoms with Gasteiger partial charge < -0.3 is 10.1 Å². The summed E-state index contributed by atoms with van der Waals surface area (Å²) in [5.74, 6) is 0.931. The van der Waals surface area contributed by atoms with Crippen molar-refractivity contribution in [2.75, 3.05) is 19.0 Å². The number of benzene rings is 2. The summed E-state index contributed by atoms with van der Waals surface area (Å²) in [4.78, 5) is 0. The molecule has 0 bridgehead atoms. The lowest BCUT2D eigenvalue weighted by Gasteiger charge is -2.21. The van der Waals surface area contributed by atoms with Crippen LogP contribution in [-0.4, -0.2) is 13.7 Å². The number of anilines is 1. The molecule has 0 atom stereocenters. The van der Waals surface area contributed by atoms with Gasteiger partial charge >= 0.3 is 0 Å². The van der Waals surface area contributed by atoms with E-state index in [-0.39, 0.29) is 0 Å². The summed E-state index contributed by atoms with van der Waals surface area (Å²) in [6.07, 6.45) is 5.91. The Labute approximate surface area is 127 Å². The highest BCUT2D eigenvalue weighted by Crippen LogP contribution is 2.27. The lowest BCUT2D eigenvalue weighted by Crippen LogP contribution is -2.13. The van der Waals surface area contributed by atoms with E-state index in [2.05, 4.69) is 35.6 Å². The van der Waals surface area contributed by atoms with Gasteiger partial charge in [-0.1, -0.05) is 30.3 Å². The first-order valence-electron chi connectivity index (χ1n) is 7.84. The summed E-state index contributed by atoms with van der Waals surface area (Å²) < 4.78 is 5.20. The minimum absolute atomic E-state index is 0.931. The third-order valence-corrected chi connectivity index (χ3v) is 4.23.